The molecular weight excluding hydrogens is 392 g/mol. The van der Waals surface area contributed by atoms with E-state index in [0.717, 1.165) is 11.8 Å². The summed E-state index contributed by atoms with van der Waals surface area (Å²) in [5.74, 6) is 0.250. The number of hydrogen-bond acceptors (Lipinski definition) is 5. The molecule has 0 amide bonds. The first kappa shape index (κ1) is 19.7. The Hall–Kier alpha value is -3.25. The largest absolute Gasteiger partial charge is 0.480 e. The van der Waals surface area contributed by atoms with E-state index in [1.165, 1.54) is 11.6 Å². The van der Waals surface area contributed by atoms with E-state index in [4.69, 9.17) is 9.15 Å². The number of nitrogens with two attached hydrogens (primary N) is 1. The summed E-state index contributed by atoms with van der Waals surface area (Å²) >= 11 is 0. The molecule has 3 atom stereocenters. The Kier molecular flexibility index (Phi) is 4.74. The quantitative estimate of drug-likeness (QED) is 0.612. The zero-order chi connectivity index (χ0) is 21.6. The van der Waals surface area contributed by atoms with Gasteiger partial charge < -0.3 is 14.5 Å². The highest BCUT2D eigenvalue weighted by molar-refractivity contribution is 6.09. The van der Waals surface area contributed by atoms with Gasteiger partial charge in [0, 0.05) is 24.2 Å². The van der Waals surface area contributed by atoms with Crippen LogP contribution in [0.2, 0.25) is 0 Å². The van der Waals surface area contributed by atoms with Crippen molar-refractivity contribution in [2.45, 2.75) is 37.8 Å². The third-order valence-electron chi connectivity index (χ3n) is 6.26. The van der Waals surface area contributed by atoms with Crippen LogP contribution >= 0.6 is 0 Å². The maximum Gasteiger partial charge on any atom is 0.336 e. The molecule has 0 fully saturated rings. The molecule has 0 radical (unpaired) electrons. The Morgan fingerprint density at radius 3 is 2.81 bits per heavy atom. The Labute approximate surface area is 180 Å². The van der Waals surface area contributed by atoms with Crippen LogP contribution in [0.1, 0.15) is 31.7 Å². The van der Waals surface area contributed by atoms with Crippen molar-refractivity contribution in [2.75, 3.05) is 6.54 Å². The molecule has 1 aromatic carbocycles. The van der Waals surface area contributed by atoms with E-state index >= 15 is 0 Å². The van der Waals surface area contributed by atoms with E-state index in [9.17, 15) is 9.59 Å². The van der Waals surface area contributed by atoms with Crippen molar-refractivity contribution < 1.29 is 19.3 Å². The fourth-order valence-corrected chi connectivity index (χ4v) is 4.64. The molecule has 0 unspecified atom stereocenters. The highest BCUT2D eigenvalue weighted by Crippen LogP contribution is 2.41. The number of ether oxygens (including phenoxy) is 1. The van der Waals surface area contributed by atoms with Crippen molar-refractivity contribution in [3.63, 3.8) is 0 Å². The first-order valence-electron chi connectivity index (χ1n) is 10.6. The molecule has 158 valence electrons. The summed E-state index contributed by atoms with van der Waals surface area (Å²) in [5.41, 5.74) is 0.889. The van der Waals surface area contributed by atoms with Gasteiger partial charge >= 0.3 is 5.63 Å². The molecule has 5 rings (SSSR count). The Morgan fingerprint density at radius 1 is 1.13 bits per heavy atom. The average molecular weight is 417 g/mol. The number of carbonyl (C=O) groups excluding carboxylic acids is 1. The van der Waals surface area contributed by atoms with E-state index in [1.807, 2.05) is 12.1 Å². The summed E-state index contributed by atoms with van der Waals surface area (Å²) in [5, 5.41) is 2.99. The molecule has 3 heterocycles. The van der Waals surface area contributed by atoms with Crippen LogP contribution in [0.5, 0.6) is 5.75 Å². The monoisotopic (exact) mass is 417 g/mol. The fraction of sp³-hybridized carbons (Fsp3) is 0.320. The molecule has 3 aliphatic rings. The Balaban J connectivity index is 1.43. The lowest BCUT2D eigenvalue weighted by atomic mass is 9.83. The highest BCUT2D eigenvalue weighted by Gasteiger charge is 2.43. The number of benzene rings is 1. The van der Waals surface area contributed by atoms with Gasteiger partial charge in [-0.05, 0) is 50.1 Å². The van der Waals surface area contributed by atoms with Gasteiger partial charge in [0.2, 0.25) is 0 Å². The molecule has 0 saturated carbocycles. The summed E-state index contributed by atoms with van der Waals surface area (Å²) in [6.07, 6.45) is 13.4. The smallest absolute Gasteiger partial charge is 0.336 e. The van der Waals surface area contributed by atoms with Crippen molar-refractivity contribution >= 4 is 23.0 Å². The molecule has 2 N–H and O–H groups in total. The molecule has 31 heavy (non-hydrogen) atoms. The van der Waals surface area contributed by atoms with Crippen LogP contribution in [0, 0.1) is 5.92 Å². The Morgan fingerprint density at radius 2 is 1.94 bits per heavy atom. The fourth-order valence-electron chi connectivity index (χ4n) is 4.64. The summed E-state index contributed by atoms with van der Waals surface area (Å²) in [7, 11) is 0. The van der Waals surface area contributed by atoms with Crippen LogP contribution in [0.3, 0.4) is 0 Å². The van der Waals surface area contributed by atoms with Crippen molar-refractivity contribution in [1.82, 2.24) is 0 Å². The lowest BCUT2D eigenvalue weighted by Crippen LogP contribution is -2.83. The van der Waals surface area contributed by atoms with Crippen LogP contribution in [-0.2, 0) is 4.79 Å². The van der Waals surface area contributed by atoms with Crippen molar-refractivity contribution in [2.24, 2.45) is 10.9 Å². The highest BCUT2D eigenvalue weighted by atomic mass is 16.5. The minimum Gasteiger partial charge on any atom is -0.480 e. The second kappa shape index (κ2) is 7.46. The molecule has 1 aromatic heterocycles. The molecule has 0 spiro atoms. The van der Waals surface area contributed by atoms with Gasteiger partial charge in [-0.25, -0.2) is 4.79 Å². The van der Waals surface area contributed by atoms with Gasteiger partial charge in [0.1, 0.15) is 17.4 Å². The maximum absolute atomic E-state index is 13.2. The molecule has 0 saturated heterocycles. The summed E-state index contributed by atoms with van der Waals surface area (Å²) < 4.78 is 11.4. The Bertz CT molecular complexity index is 1230. The number of hydrogen-bond donors (Lipinski definition) is 1. The minimum atomic E-state index is -0.984. The predicted octanol–water partition coefficient (Wildman–Crippen LogP) is 2.65. The number of quaternary nitrogens is 1. The van der Waals surface area contributed by atoms with Crippen LogP contribution in [0.25, 0.3) is 11.0 Å². The zero-order valence-electron chi connectivity index (χ0n) is 17.6. The van der Waals surface area contributed by atoms with Crippen molar-refractivity contribution in [1.29, 1.82) is 0 Å². The lowest BCUT2D eigenvalue weighted by Gasteiger charge is -2.34. The lowest BCUT2D eigenvalue weighted by molar-refractivity contribution is -0.609. The maximum atomic E-state index is 13.2. The second-order valence-electron chi connectivity index (χ2n) is 8.72. The van der Waals surface area contributed by atoms with Gasteiger partial charge in [0.05, 0.1) is 23.6 Å². The van der Waals surface area contributed by atoms with E-state index in [1.54, 1.807) is 26.1 Å². The molecule has 6 heteroatoms. The van der Waals surface area contributed by atoms with Gasteiger partial charge in [0.25, 0.3) is 0 Å². The molecule has 2 aromatic rings. The molecule has 2 aliphatic heterocycles. The standard InChI is InChI=1S/C25H24N2O4/c1-25(2)24(29)18(14-26-12-11-16-13-27-19-6-4-3-5-17(16)19)22-20(31-25)9-7-15-8-10-21(28)30-23(15)22/h3-10,13-14,17-19,27H,11-12H2,1-2H3/p+1/t17-,18+,19-/m1/s1. The zero-order valence-corrected chi connectivity index (χ0v) is 17.6. The van der Waals surface area contributed by atoms with E-state index in [-0.39, 0.29) is 5.78 Å². The number of rotatable bonds is 4. The SMILES string of the molecule is CC1(C)Oc2ccc3ccc(=O)oc3c2[C@H](C=NCCC2=C[NH2+][C@@H]3C=CC=C[C@H]23)C1=O. The third-order valence-corrected chi connectivity index (χ3v) is 6.26. The van der Waals surface area contributed by atoms with E-state index in [0.29, 0.717) is 35.4 Å². The topological polar surface area (TPSA) is 85.5 Å². The minimum absolute atomic E-state index is 0.100. The van der Waals surface area contributed by atoms with Gasteiger partial charge in [-0.1, -0.05) is 18.2 Å². The van der Waals surface area contributed by atoms with E-state index in [2.05, 4.69) is 40.8 Å². The van der Waals surface area contributed by atoms with E-state index < -0.39 is 17.1 Å². The summed E-state index contributed by atoms with van der Waals surface area (Å²) in [6.45, 7) is 4.11. The van der Waals surface area contributed by atoms with Gasteiger partial charge in [0.15, 0.2) is 11.4 Å². The number of aliphatic imine (C=N–C) groups is 1. The average Bonchev–Trinajstić information content (AvgIpc) is 3.16. The molecular formula is C25H25N2O4+. The number of Topliss-reactive ketones (excluding diaryl/α,β-unsaturated/α-hetero) is 1. The summed E-state index contributed by atoms with van der Waals surface area (Å²) in [4.78, 5) is 29.7. The van der Waals surface area contributed by atoms with Crippen LogP contribution in [-0.4, -0.2) is 30.2 Å². The second-order valence-corrected chi connectivity index (χ2v) is 8.72. The number of fused-ring (bicyclic) bond motifs is 4. The third kappa shape index (κ3) is 3.47. The number of allylic oxidation sites excluding steroid dienone is 2. The first-order valence-corrected chi connectivity index (χ1v) is 10.6. The normalized spacial score (nSPS) is 26.1. The van der Waals surface area contributed by atoms with Crippen molar-refractivity contribution in [3.05, 3.63) is 76.3 Å². The number of carbonyl (C=O) groups is 1. The van der Waals surface area contributed by atoms with Crippen molar-refractivity contribution in [3.8, 4) is 5.75 Å². The first-order chi connectivity index (χ1) is 14.9. The summed E-state index contributed by atoms with van der Waals surface area (Å²) in [6, 6.07) is 7.19. The number of nitrogens with zero attached hydrogens (tertiary/aromatic N) is 1. The molecule has 1 aliphatic carbocycles. The van der Waals surface area contributed by atoms with Gasteiger partial charge in [-0.3, -0.25) is 9.79 Å². The number of ketones is 1. The van der Waals surface area contributed by atoms with Crippen LogP contribution < -0.4 is 15.7 Å². The van der Waals surface area contributed by atoms with Gasteiger partial charge in [-0.2, -0.15) is 0 Å². The predicted molar refractivity (Wildman–Crippen MR) is 118 cm³/mol. The van der Waals surface area contributed by atoms with Crippen LogP contribution in [0.15, 0.2) is 74.5 Å². The molecule has 0 bridgehead atoms. The van der Waals surface area contributed by atoms with Gasteiger partial charge in [-0.15, -0.1) is 0 Å². The molecule has 6 nitrogen and oxygen atoms in total. The van der Waals surface area contributed by atoms with Crippen LogP contribution in [0.4, 0.5) is 0 Å².